The molecule has 0 radical (unpaired) electrons. The van der Waals surface area contributed by atoms with Gasteiger partial charge in [0.05, 0.1) is 25.4 Å². The Kier molecular flexibility index (Phi) is 5.45. The highest BCUT2D eigenvalue weighted by Gasteiger charge is 2.35. The first-order chi connectivity index (χ1) is 13.6. The maximum Gasteiger partial charge on any atom is 0.263 e. The predicted molar refractivity (Wildman–Crippen MR) is 106 cm³/mol. The van der Waals surface area contributed by atoms with Gasteiger partial charge in [-0.05, 0) is 31.0 Å². The van der Waals surface area contributed by atoms with Gasteiger partial charge in [0.2, 0.25) is 0 Å². The number of aryl methyl sites for hydroxylation is 1. The molecule has 4 rings (SSSR count). The van der Waals surface area contributed by atoms with Gasteiger partial charge in [0.25, 0.3) is 5.91 Å². The maximum absolute atomic E-state index is 13.0. The second-order valence-electron chi connectivity index (χ2n) is 7.40. The number of hydrogen-bond acceptors (Lipinski definition) is 6. The van der Waals surface area contributed by atoms with E-state index in [-0.39, 0.29) is 17.7 Å². The van der Waals surface area contributed by atoms with E-state index in [0.29, 0.717) is 13.2 Å². The number of carbonyl (C=O) groups is 1. The smallest absolute Gasteiger partial charge is 0.263 e. The van der Waals surface area contributed by atoms with Crippen molar-refractivity contribution in [3.05, 3.63) is 53.7 Å². The number of carbonyl (C=O) groups excluding carboxylic acids is 1. The highest BCUT2D eigenvalue weighted by Crippen LogP contribution is 2.22. The van der Waals surface area contributed by atoms with Crippen LogP contribution in [0.4, 0.5) is 5.82 Å². The fraction of sp³-hybridized carbons (Fsp3) is 0.429. The lowest BCUT2D eigenvalue weighted by Gasteiger charge is -2.42. The number of hydroxylamine groups is 2. The SMILES string of the molecule is Cc1ccc(CN2OCC[C@@H](N3CCN(c4ccc(O)cn4)CC3)C2=O)cc1. The van der Waals surface area contributed by atoms with Crippen molar-refractivity contribution < 1.29 is 14.7 Å². The number of pyridine rings is 1. The van der Waals surface area contributed by atoms with Gasteiger partial charge in [0, 0.05) is 26.2 Å². The molecule has 2 fully saturated rings. The lowest BCUT2D eigenvalue weighted by atomic mass is 10.1. The molecule has 1 aromatic carbocycles. The van der Waals surface area contributed by atoms with E-state index in [2.05, 4.69) is 33.8 Å². The van der Waals surface area contributed by atoms with Crippen LogP contribution in [0.2, 0.25) is 0 Å². The van der Waals surface area contributed by atoms with Crippen molar-refractivity contribution in [1.82, 2.24) is 14.9 Å². The fourth-order valence-electron chi connectivity index (χ4n) is 3.78. The molecular formula is C21H26N4O3. The van der Waals surface area contributed by atoms with Crippen LogP contribution in [0.5, 0.6) is 5.75 Å². The van der Waals surface area contributed by atoms with Crippen molar-refractivity contribution in [2.45, 2.75) is 25.9 Å². The van der Waals surface area contributed by atoms with Crippen LogP contribution in [-0.4, -0.2) is 64.8 Å². The molecule has 0 unspecified atom stereocenters. The Labute approximate surface area is 165 Å². The zero-order chi connectivity index (χ0) is 19.5. The summed E-state index contributed by atoms with van der Waals surface area (Å²) >= 11 is 0. The Morgan fingerprint density at radius 3 is 2.54 bits per heavy atom. The van der Waals surface area contributed by atoms with Gasteiger partial charge in [-0.15, -0.1) is 0 Å². The minimum absolute atomic E-state index is 0.0445. The summed E-state index contributed by atoms with van der Waals surface area (Å²) in [4.78, 5) is 27.4. The van der Waals surface area contributed by atoms with Crippen LogP contribution in [0.25, 0.3) is 0 Å². The number of nitrogens with zero attached hydrogens (tertiary/aromatic N) is 4. The van der Waals surface area contributed by atoms with Gasteiger partial charge < -0.3 is 10.0 Å². The second kappa shape index (κ2) is 8.16. The van der Waals surface area contributed by atoms with Gasteiger partial charge in [0.15, 0.2) is 0 Å². The number of amides is 1. The molecule has 7 heteroatoms. The van der Waals surface area contributed by atoms with Crippen LogP contribution >= 0.6 is 0 Å². The van der Waals surface area contributed by atoms with Crippen LogP contribution in [0.1, 0.15) is 17.5 Å². The molecule has 3 heterocycles. The monoisotopic (exact) mass is 382 g/mol. The number of aromatic nitrogens is 1. The number of hydrogen-bond donors (Lipinski definition) is 1. The molecule has 7 nitrogen and oxygen atoms in total. The van der Waals surface area contributed by atoms with Crippen molar-refractivity contribution in [2.75, 3.05) is 37.7 Å². The molecule has 2 aliphatic heterocycles. The molecule has 1 N–H and O–H groups in total. The summed E-state index contributed by atoms with van der Waals surface area (Å²) in [6, 6.07) is 11.5. The average Bonchev–Trinajstić information content (AvgIpc) is 2.72. The molecule has 0 saturated carbocycles. The van der Waals surface area contributed by atoms with Gasteiger partial charge in [-0.1, -0.05) is 29.8 Å². The third-order valence-corrected chi connectivity index (χ3v) is 5.43. The first-order valence-electron chi connectivity index (χ1n) is 9.74. The molecule has 0 spiro atoms. The quantitative estimate of drug-likeness (QED) is 0.872. The summed E-state index contributed by atoms with van der Waals surface area (Å²) < 4.78 is 0. The third kappa shape index (κ3) is 4.10. The van der Waals surface area contributed by atoms with Crippen molar-refractivity contribution >= 4 is 11.7 Å². The molecule has 1 amide bonds. The van der Waals surface area contributed by atoms with E-state index in [0.717, 1.165) is 44.0 Å². The molecule has 1 aromatic heterocycles. The summed E-state index contributed by atoms with van der Waals surface area (Å²) in [5, 5.41) is 10.9. The summed E-state index contributed by atoms with van der Waals surface area (Å²) in [6.07, 6.45) is 2.19. The summed E-state index contributed by atoms with van der Waals surface area (Å²) in [5.74, 6) is 1.07. The summed E-state index contributed by atoms with van der Waals surface area (Å²) in [6.45, 7) is 6.31. The average molecular weight is 382 g/mol. The number of piperazine rings is 1. The van der Waals surface area contributed by atoms with Crippen LogP contribution < -0.4 is 4.90 Å². The Hall–Kier alpha value is -2.64. The highest BCUT2D eigenvalue weighted by molar-refractivity contribution is 5.81. The van der Waals surface area contributed by atoms with E-state index >= 15 is 0 Å². The fourth-order valence-corrected chi connectivity index (χ4v) is 3.78. The number of benzene rings is 1. The largest absolute Gasteiger partial charge is 0.506 e. The zero-order valence-electron chi connectivity index (χ0n) is 16.1. The lowest BCUT2D eigenvalue weighted by Crippen LogP contribution is -2.58. The van der Waals surface area contributed by atoms with Crippen LogP contribution in [-0.2, 0) is 16.2 Å². The number of aromatic hydroxyl groups is 1. The Morgan fingerprint density at radius 1 is 1.11 bits per heavy atom. The summed E-state index contributed by atoms with van der Waals surface area (Å²) in [7, 11) is 0. The number of rotatable bonds is 4. The van der Waals surface area contributed by atoms with Gasteiger partial charge >= 0.3 is 0 Å². The zero-order valence-corrected chi connectivity index (χ0v) is 16.1. The molecule has 2 aliphatic rings. The molecular weight excluding hydrogens is 356 g/mol. The van der Waals surface area contributed by atoms with Gasteiger partial charge in [-0.3, -0.25) is 14.5 Å². The molecule has 0 aliphatic carbocycles. The predicted octanol–water partition coefficient (Wildman–Crippen LogP) is 1.95. The molecule has 0 bridgehead atoms. The van der Waals surface area contributed by atoms with Crippen molar-refractivity contribution in [3.8, 4) is 5.75 Å². The van der Waals surface area contributed by atoms with E-state index in [1.807, 2.05) is 18.2 Å². The van der Waals surface area contributed by atoms with E-state index in [9.17, 15) is 9.90 Å². The van der Waals surface area contributed by atoms with E-state index < -0.39 is 0 Å². The van der Waals surface area contributed by atoms with Crippen molar-refractivity contribution in [3.63, 3.8) is 0 Å². The minimum atomic E-state index is -0.130. The minimum Gasteiger partial charge on any atom is -0.506 e. The second-order valence-corrected chi connectivity index (χ2v) is 7.40. The van der Waals surface area contributed by atoms with Crippen molar-refractivity contribution in [1.29, 1.82) is 0 Å². The molecule has 2 saturated heterocycles. The first kappa shape index (κ1) is 18.7. The van der Waals surface area contributed by atoms with E-state index in [4.69, 9.17) is 4.84 Å². The normalized spacial score (nSPS) is 21.2. The topological polar surface area (TPSA) is 69.1 Å². The standard InChI is InChI=1S/C21H26N4O3/c1-16-2-4-17(5-3-16)15-25-21(27)19(8-13-28-25)23-9-11-24(12-10-23)20-7-6-18(26)14-22-20/h2-7,14,19,26H,8-13,15H2,1H3/t19-/m1/s1. The van der Waals surface area contributed by atoms with Gasteiger partial charge in [-0.25, -0.2) is 10.0 Å². The van der Waals surface area contributed by atoms with Crippen molar-refractivity contribution in [2.24, 2.45) is 0 Å². The molecule has 28 heavy (non-hydrogen) atoms. The Bertz CT molecular complexity index is 801. The Morgan fingerprint density at radius 2 is 1.86 bits per heavy atom. The van der Waals surface area contributed by atoms with E-state index in [1.165, 1.54) is 16.8 Å². The van der Waals surface area contributed by atoms with Crippen LogP contribution in [0.3, 0.4) is 0 Å². The molecule has 148 valence electrons. The van der Waals surface area contributed by atoms with Crippen LogP contribution in [0.15, 0.2) is 42.6 Å². The van der Waals surface area contributed by atoms with Gasteiger partial charge in [-0.2, -0.15) is 0 Å². The van der Waals surface area contributed by atoms with E-state index in [1.54, 1.807) is 6.07 Å². The first-order valence-corrected chi connectivity index (χ1v) is 9.74. The Balaban J connectivity index is 1.36. The number of anilines is 1. The lowest BCUT2D eigenvalue weighted by molar-refractivity contribution is -0.211. The molecule has 1 atom stereocenters. The highest BCUT2D eigenvalue weighted by atomic mass is 16.7. The van der Waals surface area contributed by atoms with Crippen LogP contribution in [0, 0.1) is 6.92 Å². The van der Waals surface area contributed by atoms with Gasteiger partial charge in [0.1, 0.15) is 11.6 Å². The molecule has 2 aromatic rings. The summed E-state index contributed by atoms with van der Waals surface area (Å²) in [5.41, 5.74) is 2.27. The third-order valence-electron chi connectivity index (χ3n) is 5.43. The maximum atomic E-state index is 13.0.